The zero-order valence-corrected chi connectivity index (χ0v) is 17.6. The van der Waals surface area contributed by atoms with Crippen molar-refractivity contribution in [1.29, 1.82) is 0 Å². The smallest absolute Gasteiger partial charge is 0.326 e. The van der Waals surface area contributed by atoms with Gasteiger partial charge in [0.05, 0.1) is 0 Å². The van der Waals surface area contributed by atoms with Gasteiger partial charge in [0.15, 0.2) is 0 Å². The van der Waals surface area contributed by atoms with Crippen molar-refractivity contribution in [2.75, 3.05) is 0 Å². The van der Waals surface area contributed by atoms with Gasteiger partial charge in [-0.1, -0.05) is 103 Å². The maximum absolute atomic E-state index is 12.1. The van der Waals surface area contributed by atoms with Crippen molar-refractivity contribution in [3.63, 3.8) is 0 Å². The van der Waals surface area contributed by atoms with Gasteiger partial charge in [0.25, 0.3) is 0 Å². The van der Waals surface area contributed by atoms with Crippen LogP contribution in [0.3, 0.4) is 0 Å². The molecule has 0 aromatic carbocycles. The molecule has 1 aliphatic rings. The number of aliphatic carboxylic acids is 1. The van der Waals surface area contributed by atoms with Crippen LogP contribution in [-0.2, 0) is 9.59 Å². The van der Waals surface area contributed by atoms with Crippen LogP contribution in [0.4, 0.5) is 0 Å². The third-order valence-electron chi connectivity index (χ3n) is 5.93. The van der Waals surface area contributed by atoms with E-state index in [1.165, 1.54) is 77.0 Å². The summed E-state index contributed by atoms with van der Waals surface area (Å²) in [6.45, 7) is 2.25. The first kappa shape index (κ1) is 24.0. The van der Waals surface area contributed by atoms with Crippen LogP contribution in [0.2, 0.25) is 0 Å². The Balaban J connectivity index is 2.02. The lowest BCUT2D eigenvalue weighted by atomic mass is 9.85. The van der Waals surface area contributed by atoms with Gasteiger partial charge in [0.1, 0.15) is 6.04 Å². The highest BCUT2D eigenvalue weighted by molar-refractivity contribution is 5.83. The number of rotatable bonds is 16. The molecule has 0 spiro atoms. The first-order chi connectivity index (χ1) is 13.1. The molecule has 1 aliphatic carbocycles. The lowest BCUT2D eigenvalue weighted by Crippen LogP contribution is -2.42. The van der Waals surface area contributed by atoms with Crippen molar-refractivity contribution in [2.45, 2.75) is 129 Å². The molecule has 0 bridgehead atoms. The van der Waals surface area contributed by atoms with E-state index in [0.717, 1.165) is 25.7 Å². The number of unbranched alkanes of at least 4 members (excludes halogenated alkanes) is 10. The first-order valence-corrected chi connectivity index (χ1v) is 11.7. The Morgan fingerprint density at radius 2 is 1.37 bits per heavy atom. The van der Waals surface area contributed by atoms with Crippen LogP contribution < -0.4 is 5.32 Å². The summed E-state index contributed by atoms with van der Waals surface area (Å²) < 4.78 is 0. The molecule has 1 saturated carbocycles. The quantitative estimate of drug-likeness (QED) is 0.312. The number of carbonyl (C=O) groups excluding carboxylic acids is 1. The van der Waals surface area contributed by atoms with Gasteiger partial charge in [-0.2, -0.15) is 0 Å². The van der Waals surface area contributed by atoms with Gasteiger partial charge in [-0.15, -0.1) is 0 Å². The third-order valence-corrected chi connectivity index (χ3v) is 5.93. The van der Waals surface area contributed by atoms with Crippen LogP contribution in [0, 0.1) is 5.92 Å². The van der Waals surface area contributed by atoms with Crippen molar-refractivity contribution in [3.05, 3.63) is 0 Å². The average Bonchev–Trinajstić information content (AvgIpc) is 2.66. The van der Waals surface area contributed by atoms with E-state index in [4.69, 9.17) is 0 Å². The minimum atomic E-state index is -0.882. The maximum atomic E-state index is 12.1. The van der Waals surface area contributed by atoms with Crippen molar-refractivity contribution < 1.29 is 14.7 Å². The molecule has 1 unspecified atom stereocenters. The number of nitrogens with one attached hydrogen (secondary N) is 1. The number of hydrogen-bond acceptors (Lipinski definition) is 2. The molecule has 0 aliphatic heterocycles. The Labute approximate surface area is 166 Å². The predicted octanol–water partition coefficient (Wildman–Crippen LogP) is 6.23. The molecule has 1 rings (SSSR count). The molecule has 0 saturated heterocycles. The highest BCUT2D eigenvalue weighted by Crippen LogP contribution is 2.27. The summed E-state index contributed by atoms with van der Waals surface area (Å²) in [5.41, 5.74) is 0. The van der Waals surface area contributed by atoms with Gasteiger partial charge >= 0.3 is 5.97 Å². The maximum Gasteiger partial charge on any atom is 0.326 e. The topological polar surface area (TPSA) is 66.4 Å². The highest BCUT2D eigenvalue weighted by Gasteiger charge is 2.25. The highest BCUT2D eigenvalue weighted by atomic mass is 16.4. The number of carboxylic acid groups (broad SMARTS) is 1. The van der Waals surface area contributed by atoms with E-state index in [0.29, 0.717) is 18.8 Å². The first-order valence-electron chi connectivity index (χ1n) is 11.7. The minimum Gasteiger partial charge on any atom is -0.480 e. The van der Waals surface area contributed by atoms with E-state index in [9.17, 15) is 14.7 Å². The van der Waals surface area contributed by atoms with E-state index in [1.54, 1.807) is 0 Å². The summed E-state index contributed by atoms with van der Waals surface area (Å²) in [6.07, 6.45) is 20.8. The summed E-state index contributed by atoms with van der Waals surface area (Å²) in [4.78, 5) is 23.5. The second-order valence-corrected chi connectivity index (χ2v) is 8.48. The minimum absolute atomic E-state index is 0.0888. The Morgan fingerprint density at radius 3 is 1.89 bits per heavy atom. The van der Waals surface area contributed by atoms with Gasteiger partial charge in [0, 0.05) is 6.42 Å². The van der Waals surface area contributed by atoms with E-state index in [1.807, 2.05) is 0 Å². The van der Waals surface area contributed by atoms with E-state index >= 15 is 0 Å². The molecule has 4 nitrogen and oxygen atoms in total. The molecule has 0 heterocycles. The standard InChI is InChI=1S/C23H43NO3/c1-2-3-4-5-6-7-8-9-10-11-15-18-22(25)24-21(23(26)27)19-20-16-13-12-14-17-20/h20-21H,2-19H2,1H3,(H,24,25)(H,26,27). The molecule has 1 atom stereocenters. The Bertz CT molecular complexity index is 391. The van der Waals surface area contributed by atoms with Crippen molar-refractivity contribution >= 4 is 11.9 Å². The molecule has 0 aromatic rings. The fraction of sp³-hybridized carbons (Fsp3) is 0.913. The Kier molecular flexibility index (Phi) is 14.2. The second-order valence-electron chi connectivity index (χ2n) is 8.48. The second kappa shape index (κ2) is 15.9. The van der Waals surface area contributed by atoms with E-state index in [2.05, 4.69) is 12.2 Å². The van der Waals surface area contributed by atoms with Gasteiger partial charge in [-0.3, -0.25) is 4.79 Å². The van der Waals surface area contributed by atoms with Gasteiger partial charge in [-0.25, -0.2) is 4.79 Å². The molecule has 1 fully saturated rings. The molecule has 0 aromatic heterocycles. The monoisotopic (exact) mass is 381 g/mol. The largest absolute Gasteiger partial charge is 0.480 e. The molecule has 2 N–H and O–H groups in total. The van der Waals surface area contributed by atoms with Crippen LogP contribution in [0.5, 0.6) is 0 Å². The fourth-order valence-electron chi connectivity index (χ4n) is 4.19. The zero-order chi connectivity index (χ0) is 19.7. The number of hydrogen-bond donors (Lipinski definition) is 2. The molecule has 158 valence electrons. The van der Waals surface area contributed by atoms with Crippen LogP contribution >= 0.6 is 0 Å². The Morgan fingerprint density at radius 1 is 0.852 bits per heavy atom. The lowest BCUT2D eigenvalue weighted by Gasteiger charge is -2.25. The zero-order valence-electron chi connectivity index (χ0n) is 17.6. The number of carboxylic acids is 1. The van der Waals surface area contributed by atoms with Crippen molar-refractivity contribution in [3.8, 4) is 0 Å². The predicted molar refractivity (Wildman–Crippen MR) is 112 cm³/mol. The van der Waals surface area contributed by atoms with Crippen molar-refractivity contribution in [1.82, 2.24) is 5.32 Å². The summed E-state index contributed by atoms with van der Waals surface area (Å²) >= 11 is 0. The molecule has 4 heteroatoms. The molecular formula is C23H43NO3. The van der Waals surface area contributed by atoms with Crippen LogP contribution in [-0.4, -0.2) is 23.0 Å². The SMILES string of the molecule is CCCCCCCCCCCCCC(=O)NC(CC1CCCCC1)C(=O)O. The van der Waals surface area contributed by atoms with Crippen LogP contribution in [0.1, 0.15) is 122 Å². The number of carbonyl (C=O) groups is 2. The van der Waals surface area contributed by atoms with Crippen molar-refractivity contribution in [2.24, 2.45) is 5.92 Å². The van der Waals surface area contributed by atoms with Gasteiger partial charge in [-0.05, 0) is 18.8 Å². The van der Waals surface area contributed by atoms with E-state index in [-0.39, 0.29) is 5.91 Å². The molecule has 1 amide bonds. The number of amides is 1. The summed E-state index contributed by atoms with van der Waals surface area (Å²) in [7, 11) is 0. The summed E-state index contributed by atoms with van der Waals surface area (Å²) in [5.74, 6) is -0.510. The average molecular weight is 382 g/mol. The molecule has 0 radical (unpaired) electrons. The van der Waals surface area contributed by atoms with Crippen LogP contribution in [0.15, 0.2) is 0 Å². The van der Waals surface area contributed by atoms with E-state index < -0.39 is 12.0 Å². The summed E-state index contributed by atoms with van der Waals surface area (Å²) in [5, 5.41) is 12.2. The molecule has 27 heavy (non-hydrogen) atoms. The fourth-order valence-corrected chi connectivity index (χ4v) is 4.19. The lowest BCUT2D eigenvalue weighted by molar-refractivity contribution is -0.142. The van der Waals surface area contributed by atoms with Crippen LogP contribution in [0.25, 0.3) is 0 Å². The van der Waals surface area contributed by atoms with Gasteiger partial charge < -0.3 is 10.4 Å². The normalized spacial score (nSPS) is 16.2. The Hall–Kier alpha value is -1.06. The van der Waals surface area contributed by atoms with Gasteiger partial charge in [0.2, 0.25) is 5.91 Å². The third kappa shape index (κ3) is 12.9. The summed E-state index contributed by atoms with van der Waals surface area (Å²) in [6, 6.07) is -0.701. The molecular weight excluding hydrogens is 338 g/mol.